The van der Waals surface area contributed by atoms with Crippen molar-refractivity contribution in [2.24, 2.45) is 0 Å². The summed E-state index contributed by atoms with van der Waals surface area (Å²) in [5.74, 6) is 0.541. The van der Waals surface area contributed by atoms with Crippen molar-refractivity contribution in [3.63, 3.8) is 0 Å². The average Bonchev–Trinajstić information content (AvgIpc) is 3.08. The molecule has 134 valence electrons. The van der Waals surface area contributed by atoms with Gasteiger partial charge in [-0.25, -0.2) is 0 Å². The number of carbonyl (C=O) groups excluding carboxylic acids is 1. The topological polar surface area (TPSA) is 59.3 Å². The molecule has 0 saturated carbocycles. The van der Waals surface area contributed by atoms with Gasteiger partial charge < -0.3 is 9.73 Å². The molecule has 0 bridgehead atoms. The van der Waals surface area contributed by atoms with Crippen LogP contribution < -0.4 is 5.32 Å². The van der Waals surface area contributed by atoms with Gasteiger partial charge in [-0.3, -0.25) is 9.00 Å². The fourth-order valence-electron chi connectivity index (χ4n) is 2.45. The van der Waals surface area contributed by atoms with Crippen LogP contribution in [0.1, 0.15) is 27.4 Å². The number of halogens is 1. The van der Waals surface area contributed by atoms with E-state index in [2.05, 4.69) is 5.32 Å². The van der Waals surface area contributed by atoms with Crippen LogP contribution >= 0.6 is 11.6 Å². The third kappa shape index (κ3) is 4.23. The number of furan rings is 1. The Bertz CT molecular complexity index is 963. The van der Waals surface area contributed by atoms with Crippen LogP contribution in [0.25, 0.3) is 0 Å². The number of nitrogens with one attached hydrogen (secondary N) is 1. The lowest BCUT2D eigenvalue weighted by atomic mass is 10.1. The largest absolute Gasteiger partial charge is 0.455 e. The summed E-state index contributed by atoms with van der Waals surface area (Å²) in [6.07, 6.45) is 0. The first-order valence-electron chi connectivity index (χ1n) is 8.04. The molecule has 1 N–H and O–H groups in total. The molecule has 0 aliphatic rings. The normalized spacial score (nSPS) is 12.0. The third-order valence-electron chi connectivity index (χ3n) is 4.09. The van der Waals surface area contributed by atoms with Crippen LogP contribution in [-0.4, -0.2) is 10.1 Å². The van der Waals surface area contributed by atoms with E-state index in [9.17, 15) is 9.00 Å². The minimum absolute atomic E-state index is 0.189. The molecule has 0 aliphatic carbocycles. The molecule has 26 heavy (non-hydrogen) atoms. The summed E-state index contributed by atoms with van der Waals surface area (Å²) in [6, 6.07) is 15.8. The molecule has 0 radical (unpaired) electrons. The minimum Gasteiger partial charge on any atom is -0.455 e. The van der Waals surface area contributed by atoms with E-state index in [0.717, 1.165) is 16.8 Å². The molecule has 6 heteroatoms. The van der Waals surface area contributed by atoms with Gasteiger partial charge in [0.25, 0.3) is 5.91 Å². The molecule has 0 unspecified atom stereocenters. The molecule has 2 aromatic carbocycles. The molecule has 4 nitrogen and oxygen atoms in total. The summed E-state index contributed by atoms with van der Waals surface area (Å²) in [5, 5.41) is 3.44. The smallest absolute Gasteiger partial charge is 0.291 e. The Balaban J connectivity index is 1.69. The van der Waals surface area contributed by atoms with Crippen molar-refractivity contribution in [3.8, 4) is 0 Å². The average molecular weight is 388 g/mol. The summed E-state index contributed by atoms with van der Waals surface area (Å²) in [5.41, 5.74) is 2.86. The molecule has 0 aliphatic heterocycles. The fourth-order valence-corrected chi connectivity index (χ4v) is 3.59. The van der Waals surface area contributed by atoms with Crippen molar-refractivity contribution < 1.29 is 13.4 Å². The SMILES string of the molecule is Cc1cccc(NC(=O)c2ccc(C[S@](=O)c3ccc(Cl)cc3)o2)c1C. The van der Waals surface area contributed by atoms with Crippen molar-refractivity contribution in [1.29, 1.82) is 0 Å². The van der Waals surface area contributed by atoms with Gasteiger partial charge >= 0.3 is 0 Å². The first kappa shape index (κ1) is 18.4. The van der Waals surface area contributed by atoms with Crippen LogP contribution in [0.5, 0.6) is 0 Å². The van der Waals surface area contributed by atoms with E-state index in [4.69, 9.17) is 16.0 Å². The van der Waals surface area contributed by atoms with Gasteiger partial charge in [0, 0.05) is 15.6 Å². The maximum absolute atomic E-state index is 12.4. The Morgan fingerprint density at radius 3 is 2.54 bits per heavy atom. The monoisotopic (exact) mass is 387 g/mol. The van der Waals surface area contributed by atoms with Crippen molar-refractivity contribution in [1.82, 2.24) is 0 Å². The number of anilines is 1. The Hall–Kier alpha value is -2.37. The maximum atomic E-state index is 12.4. The Morgan fingerprint density at radius 2 is 1.81 bits per heavy atom. The van der Waals surface area contributed by atoms with Crippen molar-refractivity contribution >= 4 is 34.0 Å². The molecular formula is C20H18ClNO3S. The summed E-state index contributed by atoms with van der Waals surface area (Å²) in [4.78, 5) is 13.0. The van der Waals surface area contributed by atoms with Crippen molar-refractivity contribution in [2.75, 3.05) is 5.32 Å². The van der Waals surface area contributed by atoms with Gasteiger partial charge in [-0.15, -0.1) is 0 Å². The number of carbonyl (C=O) groups is 1. The van der Waals surface area contributed by atoms with E-state index in [1.54, 1.807) is 36.4 Å². The van der Waals surface area contributed by atoms with E-state index < -0.39 is 10.8 Å². The molecule has 1 heterocycles. The van der Waals surface area contributed by atoms with Crippen LogP contribution in [0, 0.1) is 13.8 Å². The predicted molar refractivity (Wildman–Crippen MR) is 104 cm³/mol. The highest BCUT2D eigenvalue weighted by Crippen LogP contribution is 2.21. The fraction of sp³-hybridized carbons (Fsp3) is 0.150. The standard InChI is InChI=1S/C20H18ClNO3S/c1-13-4-3-5-18(14(13)2)22-20(23)19-11-8-16(25-19)12-26(24)17-9-6-15(21)7-10-17/h3-11H,12H2,1-2H3,(H,22,23)/t26-/m0/s1. The molecule has 0 saturated heterocycles. The first-order chi connectivity index (χ1) is 12.4. The molecule has 1 amide bonds. The highest BCUT2D eigenvalue weighted by atomic mass is 35.5. The second kappa shape index (κ2) is 7.89. The second-order valence-corrected chi connectivity index (χ2v) is 7.80. The molecular weight excluding hydrogens is 370 g/mol. The van der Waals surface area contributed by atoms with Crippen LogP contribution in [0.15, 0.2) is 63.9 Å². The van der Waals surface area contributed by atoms with Crippen LogP contribution in [0.2, 0.25) is 5.02 Å². The first-order valence-corrected chi connectivity index (χ1v) is 9.74. The lowest BCUT2D eigenvalue weighted by Gasteiger charge is -2.09. The number of hydrogen-bond donors (Lipinski definition) is 1. The van der Waals surface area contributed by atoms with E-state index in [1.807, 2.05) is 32.0 Å². The van der Waals surface area contributed by atoms with E-state index in [1.165, 1.54) is 0 Å². The number of benzene rings is 2. The predicted octanol–water partition coefficient (Wildman–Crippen LogP) is 5.11. The van der Waals surface area contributed by atoms with Crippen LogP contribution in [0.4, 0.5) is 5.69 Å². The molecule has 0 fully saturated rings. The van der Waals surface area contributed by atoms with Crippen LogP contribution in [0.3, 0.4) is 0 Å². The van der Waals surface area contributed by atoms with Crippen molar-refractivity contribution in [3.05, 3.63) is 82.3 Å². The van der Waals surface area contributed by atoms with Gasteiger partial charge in [0.15, 0.2) is 5.76 Å². The van der Waals surface area contributed by atoms with Crippen LogP contribution in [-0.2, 0) is 16.6 Å². The molecule has 3 aromatic rings. The van der Waals surface area contributed by atoms with Gasteiger partial charge in [-0.1, -0.05) is 23.7 Å². The number of aryl methyl sites for hydroxylation is 1. The Kier molecular flexibility index (Phi) is 5.59. The van der Waals surface area contributed by atoms with Crippen molar-refractivity contribution in [2.45, 2.75) is 24.5 Å². The van der Waals surface area contributed by atoms with E-state index in [-0.39, 0.29) is 17.4 Å². The Morgan fingerprint density at radius 1 is 1.08 bits per heavy atom. The Labute approximate surface area is 159 Å². The van der Waals surface area contributed by atoms with Gasteiger partial charge in [-0.05, 0) is 67.4 Å². The number of hydrogen-bond acceptors (Lipinski definition) is 3. The highest BCUT2D eigenvalue weighted by Gasteiger charge is 2.15. The molecule has 1 atom stereocenters. The molecule has 1 aromatic heterocycles. The lowest BCUT2D eigenvalue weighted by molar-refractivity contribution is 0.0995. The summed E-state index contributed by atoms with van der Waals surface area (Å²) in [6.45, 7) is 3.94. The van der Waals surface area contributed by atoms with Gasteiger partial charge in [0.2, 0.25) is 0 Å². The zero-order valence-corrected chi connectivity index (χ0v) is 16.0. The summed E-state index contributed by atoms with van der Waals surface area (Å²) in [7, 11) is -1.27. The lowest BCUT2D eigenvalue weighted by Crippen LogP contribution is -2.12. The van der Waals surface area contributed by atoms with Gasteiger partial charge in [0.1, 0.15) is 5.76 Å². The number of amides is 1. The van der Waals surface area contributed by atoms with Gasteiger partial charge in [-0.2, -0.15) is 0 Å². The zero-order valence-electron chi connectivity index (χ0n) is 14.4. The van der Waals surface area contributed by atoms with E-state index in [0.29, 0.717) is 15.7 Å². The maximum Gasteiger partial charge on any atom is 0.291 e. The quantitative estimate of drug-likeness (QED) is 0.661. The summed E-state index contributed by atoms with van der Waals surface area (Å²) < 4.78 is 18.0. The second-order valence-electron chi connectivity index (χ2n) is 5.91. The summed E-state index contributed by atoms with van der Waals surface area (Å²) >= 11 is 5.84. The zero-order chi connectivity index (χ0) is 18.7. The van der Waals surface area contributed by atoms with E-state index >= 15 is 0 Å². The highest BCUT2D eigenvalue weighted by molar-refractivity contribution is 7.84. The molecule has 3 rings (SSSR count). The minimum atomic E-state index is -1.27. The molecule has 0 spiro atoms. The van der Waals surface area contributed by atoms with Gasteiger partial charge in [0.05, 0.1) is 16.6 Å². The number of rotatable bonds is 5. The third-order valence-corrected chi connectivity index (χ3v) is 5.68.